The standard InChI is InChI=1S/C14H10Cl2N2O5S/c15-9-2-1-8(10(16)5-9)6-17-12(19)7-23-14(20)11-3-4-13(24-11)18(21)22/h1-5H,6-7H2,(H,17,19). The molecule has 0 atom stereocenters. The highest BCUT2D eigenvalue weighted by Gasteiger charge is 2.17. The third kappa shape index (κ3) is 4.92. The molecule has 0 saturated carbocycles. The van der Waals surface area contributed by atoms with Crippen molar-refractivity contribution in [1.29, 1.82) is 0 Å². The lowest BCUT2D eigenvalue weighted by Gasteiger charge is -2.07. The molecule has 0 spiro atoms. The maximum atomic E-state index is 11.7. The molecule has 0 unspecified atom stereocenters. The first-order chi connectivity index (χ1) is 11.4. The minimum atomic E-state index is -0.798. The molecule has 126 valence electrons. The van der Waals surface area contributed by atoms with E-state index in [1.165, 1.54) is 12.1 Å². The fourth-order valence-electron chi connectivity index (χ4n) is 1.65. The van der Waals surface area contributed by atoms with Gasteiger partial charge in [-0.3, -0.25) is 14.9 Å². The summed E-state index contributed by atoms with van der Waals surface area (Å²) < 4.78 is 4.80. The number of amides is 1. The van der Waals surface area contributed by atoms with Crippen LogP contribution < -0.4 is 5.32 Å². The summed E-state index contributed by atoms with van der Waals surface area (Å²) in [6.07, 6.45) is 0. The lowest BCUT2D eigenvalue weighted by atomic mass is 10.2. The number of nitrogens with zero attached hydrogens (tertiary/aromatic N) is 1. The lowest BCUT2D eigenvalue weighted by molar-refractivity contribution is -0.380. The monoisotopic (exact) mass is 388 g/mol. The first-order valence-corrected chi connectivity index (χ1v) is 8.06. The molecule has 7 nitrogen and oxygen atoms in total. The number of nitrogens with one attached hydrogen (secondary N) is 1. The third-order valence-electron chi connectivity index (χ3n) is 2.80. The molecule has 1 aromatic carbocycles. The van der Waals surface area contributed by atoms with E-state index in [4.69, 9.17) is 27.9 Å². The van der Waals surface area contributed by atoms with Crippen molar-refractivity contribution in [3.8, 4) is 0 Å². The molecule has 0 bridgehead atoms. The van der Waals surface area contributed by atoms with Gasteiger partial charge in [0, 0.05) is 22.7 Å². The second-order valence-electron chi connectivity index (χ2n) is 4.48. The number of hydrogen-bond acceptors (Lipinski definition) is 6. The van der Waals surface area contributed by atoms with Gasteiger partial charge in [0.1, 0.15) is 4.88 Å². The number of halogens is 2. The molecule has 2 aromatic rings. The van der Waals surface area contributed by atoms with Crippen LogP contribution in [0.4, 0.5) is 5.00 Å². The number of benzene rings is 1. The molecule has 10 heteroatoms. The maximum Gasteiger partial charge on any atom is 0.349 e. The van der Waals surface area contributed by atoms with Gasteiger partial charge in [0.2, 0.25) is 0 Å². The molecule has 0 aliphatic heterocycles. The Kier molecular flexibility index (Phi) is 6.13. The average molecular weight is 389 g/mol. The summed E-state index contributed by atoms with van der Waals surface area (Å²) in [5, 5.41) is 13.8. The van der Waals surface area contributed by atoms with Crippen molar-refractivity contribution in [2.75, 3.05) is 6.61 Å². The largest absolute Gasteiger partial charge is 0.451 e. The molecular weight excluding hydrogens is 379 g/mol. The third-order valence-corrected chi connectivity index (χ3v) is 4.40. The van der Waals surface area contributed by atoms with E-state index in [-0.39, 0.29) is 16.4 Å². The van der Waals surface area contributed by atoms with Gasteiger partial charge in [0.25, 0.3) is 5.91 Å². The molecule has 1 aromatic heterocycles. The zero-order valence-electron chi connectivity index (χ0n) is 12.0. The van der Waals surface area contributed by atoms with E-state index >= 15 is 0 Å². The SMILES string of the molecule is O=C(COC(=O)c1ccc([N+](=O)[O-])s1)NCc1ccc(Cl)cc1Cl. The average Bonchev–Trinajstić information content (AvgIpc) is 3.02. The van der Waals surface area contributed by atoms with E-state index in [0.29, 0.717) is 26.9 Å². The normalized spacial score (nSPS) is 10.2. The van der Waals surface area contributed by atoms with Crippen LogP contribution >= 0.6 is 34.5 Å². The highest BCUT2D eigenvalue weighted by Crippen LogP contribution is 2.24. The van der Waals surface area contributed by atoms with Crippen molar-refractivity contribution in [1.82, 2.24) is 5.32 Å². The smallest absolute Gasteiger partial charge is 0.349 e. The van der Waals surface area contributed by atoms with E-state index in [1.807, 2.05) is 0 Å². The number of rotatable bonds is 6. The molecule has 1 amide bonds. The molecule has 1 heterocycles. The topological polar surface area (TPSA) is 98.5 Å². The zero-order valence-corrected chi connectivity index (χ0v) is 14.3. The second-order valence-corrected chi connectivity index (χ2v) is 6.39. The van der Waals surface area contributed by atoms with Gasteiger partial charge in [0.15, 0.2) is 6.61 Å². The Morgan fingerprint density at radius 1 is 1.25 bits per heavy atom. The van der Waals surface area contributed by atoms with Crippen molar-refractivity contribution in [3.05, 3.63) is 60.9 Å². The number of hydrogen-bond donors (Lipinski definition) is 1. The molecule has 2 rings (SSSR count). The number of carbonyl (C=O) groups is 2. The molecule has 0 aliphatic carbocycles. The first-order valence-electron chi connectivity index (χ1n) is 6.49. The van der Waals surface area contributed by atoms with Gasteiger partial charge in [0.05, 0.1) is 4.92 Å². The Hall–Kier alpha value is -2.16. The lowest BCUT2D eigenvalue weighted by Crippen LogP contribution is -2.28. The van der Waals surface area contributed by atoms with Gasteiger partial charge in [-0.15, -0.1) is 0 Å². The van der Waals surface area contributed by atoms with Gasteiger partial charge in [-0.2, -0.15) is 0 Å². The first kappa shape index (κ1) is 18.2. The Morgan fingerprint density at radius 3 is 2.62 bits per heavy atom. The van der Waals surface area contributed by atoms with Crippen LogP contribution in [-0.4, -0.2) is 23.4 Å². The molecule has 0 fully saturated rings. The van der Waals surface area contributed by atoms with Gasteiger partial charge in [-0.05, 0) is 23.8 Å². The Morgan fingerprint density at radius 2 is 2.00 bits per heavy atom. The van der Waals surface area contributed by atoms with Gasteiger partial charge >= 0.3 is 11.0 Å². The van der Waals surface area contributed by atoms with Crippen LogP contribution in [0.5, 0.6) is 0 Å². The molecule has 24 heavy (non-hydrogen) atoms. The van der Waals surface area contributed by atoms with Crippen molar-refractivity contribution < 1.29 is 19.2 Å². The summed E-state index contributed by atoms with van der Waals surface area (Å²) in [7, 11) is 0. The van der Waals surface area contributed by atoms with Crippen LogP contribution in [0.1, 0.15) is 15.2 Å². The Bertz CT molecular complexity index is 793. The Balaban J connectivity index is 1.82. The predicted molar refractivity (Wildman–Crippen MR) is 89.6 cm³/mol. The highest BCUT2D eigenvalue weighted by molar-refractivity contribution is 7.17. The van der Waals surface area contributed by atoms with Gasteiger partial charge in [-0.1, -0.05) is 40.6 Å². The van der Waals surface area contributed by atoms with Crippen LogP contribution in [0.15, 0.2) is 30.3 Å². The van der Waals surface area contributed by atoms with E-state index in [1.54, 1.807) is 18.2 Å². The van der Waals surface area contributed by atoms with Crippen LogP contribution in [0, 0.1) is 10.1 Å². The molecule has 0 radical (unpaired) electrons. The quantitative estimate of drug-likeness (QED) is 0.464. The summed E-state index contributed by atoms with van der Waals surface area (Å²) >= 11 is 12.4. The summed E-state index contributed by atoms with van der Waals surface area (Å²) in [6.45, 7) is -0.355. The fourth-order valence-corrected chi connectivity index (χ4v) is 2.84. The number of nitro groups is 1. The van der Waals surface area contributed by atoms with Gasteiger partial charge in [-0.25, -0.2) is 4.79 Å². The van der Waals surface area contributed by atoms with Crippen LogP contribution in [0.3, 0.4) is 0 Å². The van der Waals surface area contributed by atoms with E-state index in [0.717, 1.165) is 0 Å². The summed E-state index contributed by atoms with van der Waals surface area (Å²) in [5.74, 6) is -1.33. The molecular formula is C14H10Cl2N2O5S. The van der Waals surface area contributed by atoms with E-state index in [9.17, 15) is 19.7 Å². The summed E-state index contributed by atoms with van der Waals surface area (Å²) in [6, 6.07) is 7.33. The number of esters is 1. The summed E-state index contributed by atoms with van der Waals surface area (Å²) in [5.41, 5.74) is 0.662. The zero-order chi connectivity index (χ0) is 17.7. The molecule has 1 N–H and O–H groups in total. The number of carbonyl (C=O) groups excluding carboxylic acids is 2. The van der Waals surface area contributed by atoms with E-state index in [2.05, 4.69) is 5.32 Å². The number of ether oxygens (including phenoxy) is 1. The molecule has 0 aliphatic rings. The maximum absolute atomic E-state index is 11.7. The predicted octanol–water partition coefficient (Wildman–Crippen LogP) is 3.44. The van der Waals surface area contributed by atoms with Crippen LogP contribution in [0.25, 0.3) is 0 Å². The van der Waals surface area contributed by atoms with Crippen molar-refractivity contribution in [2.24, 2.45) is 0 Å². The summed E-state index contributed by atoms with van der Waals surface area (Å²) in [4.78, 5) is 33.4. The fraction of sp³-hybridized carbons (Fsp3) is 0.143. The van der Waals surface area contributed by atoms with Crippen molar-refractivity contribution in [3.63, 3.8) is 0 Å². The van der Waals surface area contributed by atoms with E-state index < -0.39 is 23.4 Å². The Labute approximate surface area is 150 Å². The second kappa shape index (κ2) is 8.09. The van der Waals surface area contributed by atoms with Crippen molar-refractivity contribution >= 4 is 51.4 Å². The minimum absolute atomic E-state index is 0.0512. The van der Waals surface area contributed by atoms with Crippen LogP contribution in [0.2, 0.25) is 10.0 Å². The molecule has 0 saturated heterocycles. The number of thiophene rings is 1. The van der Waals surface area contributed by atoms with Crippen LogP contribution in [-0.2, 0) is 16.1 Å². The van der Waals surface area contributed by atoms with Gasteiger partial charge < -0.3 is 10.1 Å². The highest BCUT2D eigenvalue weighted by atomic mass is 35.5. The minimum Gasteiger partial charge on any atom is -0.451 e. The van der Waals surface area contributed by atoms with Crippen molar-refractivity contribution in [2.45, 2.75) is 6.54 Å².